The van der Waals surface area contributed by atoms with E-state index in [1.165, 1.54) is 19.3 Å². The molecular formula is C12H22O2. The molecule has 0 amide bonds. The lowest BCUT2D eigenvalue weighted by molar-refractivity contribution is -0.174. The maximum atomic E-state index is 11.7. The highest BCUT2D eigenvalue weighted by Gasteiger charge is 2.39. The van der Waals surface area contributed by atoms with Crippen LogP contribution < -0.4 is 0 Å². The summed E-state index contributed by atoms with van der Waals surface area (Å²) >= 11 is 0. The third-order valence-electron chi connectivity index (χ3n) is 3.06. The number of ether oxygens (including phenoxy) is 1. The number of hydrogen-bond acceptors (Lipinski definition) is 2. The van der Waals surface area contributed by atoms with Crippen LogP contribution in [-0.2, 0) is 9.53 Å². The predicted octanol–water partition coefficient (Wildman–Crippen LogP) is 3.15. The van der Waals surface area contributed by atoms with Gasteiger partial charge in [-0.2, -0.15) is 0 Å². The molecule has 0 radical (unpaired) electrons. The summed E-state index contributed by atoms with van der Waals surface area (Å²) in [6, 6.07) is 0. The van der Waals surface area contributed by atoms with Gasteiger partial charge in [-0.3, -0.25) is 4.79 Å². The summed E-state index contributed by atoms with van der Waals surface area (Å²) < 4.78 is 5.57. The molecule has 0 bridgehead atoms. The normalized spacial score (nSPS) is 18.9. The molecule has 0 aromatic heterocycles. The lowest BCUT2D eigenvalue weighted by Gasteiger charge is -2.40. The molecule has 0 aromatic carbocycles. The van der Waals surface area contributed by atoms with E-state index < -0.39 is 0 Å². The number of hydrogen-bond donors (Lipinski definition) is 0. The van der Waals surface area contributed by atoms with Gasteiger partial charge >= 0.3 is 5.97 Å². The van der Waals surface area contributed by atoms with Crippen LogP contribution in [0, 0.1) is 11.3 Å². The smallest absolute Gasteiger partial charge is 0.311 e. The lowest BCUT2D eigenvalue weighted by Crippen LogP contribution is -2.42. The first kappa shape index (κ1) is 11.5. The Morgan fingerprint density at radius 2 is 1.64 bits per heavy atom. The van der Waals surface area contributed by atoms with Crippen LogP contribution in [0.4, 0.5) is 0 Å². The van der Waals surface area contributed by atoms with Crippen molar-refractivity contribution < 1.29 is 9.53 Å². The number of rotatable bonds is 2. The molecule has 0 atom stereocenters. The largest absolute Gasteiger partial charge is 0.459 e. The van der Waals surface area contributed by atoms with Crippen LogP contribution >= 0.6 is 0 Å². The van der Waals surface area contributed by atoms with Crippen LogP contribution in [0.25, 0.3) is 0 Å². The van der Waals surface area contributed by atoms with Crippen LogP contribution in [0.2, 0.25) is 0 Å². The third kappa shape index (κ3) is 2.49. The van der Waals surface area contributed by atoms with Crippen LogP contribution in [0.3, 0.4) is 0 Å². The van der Waals surface area contributed by atoms with Gasteiger partial charge in [-0.25, -0.2) is 0 Å². The summed E-state index contributed by atoms with van der Waals surface area (Å²) in [4.78, 5) is 11.7. The molecule has 1 aliphatic carbocycles. The Morgan fingerprint density at radius 3 is 1.93 bits per heavy atom. The van der Waals surface area contributed by atoms with Crippen molar-refractivity contribution in [1.29, 1.82) is 0 Å². The Bertz CT molecular complexity index is 219. The Labute approximate surface area is 87.0 Å². The molecule has 1 fully saturated rings. The van der Waals surface area contributed by atoms with Crippen LogP contribution in [0.15, 0.2) is 0 Å². The van der Waals surface area contributed by atoms with E-state index in [1.54, 1.807) is 0 Å². The summed E-state index contributed by atoms with van der Waals surface area (Å²) in [5, 5.41) is 0. The maximum absolute atomic E-state index is 11.7. The van der Waals surface area contributed by atoms with E-state index >= 15 is 0 Å². The minimum Gasteiger partial charge on any atom is -0.459 e. The van der Waals surface area contributed by atoms with Crippen molar-refractivity contribution in [1.82, 2.24) is 0 Å². The first-order chi connectivity index (χ1) is 6.23. The first-order valence-corrected chi connectivity index (χ1v) is 5.47. The predicted molar refractivity (Wildman–Crippen MR) is 57.0 cm³/mol. The Hall–Kier alpha value is -0.530. The SMILES string of the molecule is CC(C)(C)C(=O)OC(C)(C)C1CCC1. The number of carbonyl (C=O) groups is 1. The molecule has 0 heterocycles. The number of esters is 1. The number of carbonyl (C=O) groups excluding carboxylic acids is 1. The quantitative estimate of drug-likeness (QED) is 0.637. The molecule has 0 aromatic rings. The average molecular weight is 198 g/mol. The van der Waals surface area contributed by atoms with E-state index in [9.17, 15) is 4.79 Å². The highest BCUT2D eigenvalue weighted by Crippen LogP contribution is 2.39. The molecule has 0 saturated heterocycles. The van der Waals surface area contributed by atoms with E-state index in [1.807, 2.05) is 34.6 Å². The van der Waals surface area contributed by atoms with Crippen molar-refractivity contribution in [2.75, 3.05) is 0 Å². The molecule has 14 heavy (non-hydrogen) atoms. The highest BCUT2D eigenvalue weighted by molar-refractivity contribution is 5.75. The molecule has 1 saturated carbocycles. The molecule has 0 spiro atoms. The van der Waals surface area contributed by atoms with Gasteiger partial charge in [-0.05, 0) is 53.4 Å². The van der Waals surface area contributed by atoms with Gasteiger partial charge < -0.3 is 4.74 Å². The average Bonchev–Trinajstić information content (AvgIpc) is 1.76. The van der Waals surface area contributed by atoms with Crippen molar-refractivity contribution >= 4 is 5.97 Å². The fourth-order valence-corrected chi connectivity index (χ4v) is 1.58. The fourth-order valence-electron chi connectivity index (χ4n) is 1.58. The molecule has 0 N–H and O–H groups in total. The fraction of sp³-hybridized carbons (Fsp3) is 0.917. The van der Waals surface area contributed by atoms with Crippen LogP contribution in [-0.4, -0.2) is 11.6 Å². The second kappa shape index (κ2) is 3.56. The van der Waals surface area contributed by atoms with Gasteiger partial charge in [0.15, 0.2) is 0 Å². The van der Waals surface area contributed by atoms with Gasteiger partial charge in [0.2, 0.25) is 0 Å². The van der Waals surface area contributed by atoms with Crippen LogP contribution in [0.5, 0.6) is 0 Å². The third-order valence-corrected chi connectivity index (χ3v) is 3.06. The van der Waals surface area contributed by atoms with E-state index in [-0.39, 0.29) is 17.0 Å². The molecule has 1 aliphatic rings. The molecule has 1 rings (SSSR count). The van der Waals surface area contributed by atoms with Crippen molar-refractivity contribution in [3.05, 3.63) is 0 Å². The van der Waals surface area contributed by atoms with Crippen LogP contribution in [0.1, 0.15) is 53.9 Å². The summed E-state index contributed by atoms with van der Waals surface area (Å²) in [6.07, 6.45) is 3.68. The monoisotopic (exact) mass is 198 g/mol. The zero-order valence-corrected chi connectivity index (χ0v) is 10.0. The molecule has 0 aliphatic heterocycles. The van der Waals surface area contributed by atoms with Crippen molar-refractivity contribution in [3.8, 4) is 0 Å². The van der Waals surface area contributed by atoms with E-state index in [4.69, 9.17) is 4.74 Å². The molecule has 82 valence electrons. The van der Waals surface area contributed by atoms with Crippen molar-refractivity contribution in [2.24, 2.45) is 11.3 Å². The molecule has 2 nitrogen and oxygen atoms in total. The standard InChI is InChI=1S/C12H22O2/c1-11(2,3)10(13)14-12(4,5)9-7-6-8-9/h9H,6-8H2,1-5H3. The van der Waals surface area contributed by atoms with Gasteiger partial charge in [0.05, 0.1) is 5.41 Å². The zero-order valence-electron chi connectivity index (χ0n) is 10.0. The van der Waals surface area contributed by atoms with Crippen molar-refractivity contribution in [3.63, 3.8) is 0 Å². The van der Waals surface area contributed by atoms with E-state index in [0.29, 0.717) is 5.92 Å². The van der Waals surface area contributed by atoms with Gasteiger partial charge in [-0.1, -0.05) is 6.42 Å². The summed E-state index contributed by atoms with van der Waals surface area (Å²) in [6.45, 7) is 9.74. The minimum atomic E-state index is -0.388. The Kier molecular flexibility index (Phi) is 2.93. The van der Waals surface area contributed by atoms with Crippen molar-refractivity contribution in [2.45, 2.75) is 59.5 Å². The van der Waals surface area contributed by atoms with Gasteiger partial charge in [-0.15, -0.1) is 0 Å². The van der Waals surface area contributed by atoms with Gasteiger partial charge in [0.1, 0.15) is 5.60 Å². The highest BCUT2D eigenvalue weighted by atomic mass is 16.6. The zero-order chi connectivity index (χ0) is 11.0. The second-order valence-corrected chi connectivity index (χ2v) is 5.87. The maximum Gasteiger partial charge on any atom is 0.311 e. The minimum absolute atomic E-state index is 0.0885. The summed E-state index contributed by atoms with van der Waals surface area (Å²) in [5.74, 6) is 0.475. The molecule has 2 heteroatoms. The Balaban J connectivity index is 2.54. The molecule has 0 unspecified atom stereocenters. The van der Waals surface area contributed by atoms with Gasteiger partial charge in [0.25, 0.3) is 0 Å². The Morgan fingerprint density at radius 1 is 1.14 bits per heavy atom. The van der Waals surface area contributed by atoms with E-state index in [0.717, 1.165) is 0 Å². The van der Waals surface area contributed by atoms with E-state index in [2.05, 4.69) is 0 Å². The topological polar surface area (TPSA) is 26.3 Å². The van der Waals surface area contributed by atoms with Gasteiger partial charge in [0, 0.05) is 0 Å². The lowest BCUT2D eigenvalue weighted by atomic mass is 9.74. The molecular weight excluding hydrogens is 176 g/mol. The second-order valence-electron chi connectivity index (χ2n) is 5.87. The summed E-state index contributed by atoms with van der Waals surface area (Å²) in [5.41, 5.74) is -0.663. The summed E-state index contributed by atoms with van der Waals surface area (Å²) in [7, 11) is 0. The first-order valence-electron chi connectivity index (χ1n) is 5.47.